The SMILES string of the molecule is COc1c(F)cccc1NC(N)=S. The van der Waals surface area contributed by atoms with Crippen LogP contribution in [0.5, 0.6) is 5.75 Å². The minimum Gasteiger partial charge on any atom is -0.492 e. The summed E-state index contributed by atoms with van der Waals surface area (Å²) in [4.78, 5) is 0. The number of hydrogen-bond acceptors (Lipinski definition) is 2. The van der Waals surface area contributed by atoms with E-state index in [9.17, 15) is 4.39 Å². The average molecular weight is 200 g/mol. The zero-order chi connectivity index (χ0) is 9.84. The number of ether oxygens (including phenoxy) is 1. The maximum absolute atomic E-state index is 13.1. The Hall–Kier alpha value is -1.36. The van der Waals surface area contributed by atoms with Crippen molar-refractivity contribution in [2.75, 3.05) is 12.4 Å². The summed E-state index contributed by atoms with van der Waals surface area (Å²) in [5, 5.41) is 2.68. The molecule has 13 heavy (non-hydrogen) atoms. The molecular formula is C8H9FN2OS. The molecule has 1 aromatic carbocycles. The highest BCUT2D eigenvalue weighted by atomic mass is 32.1. The van der Waals surface area contributed by atoms with Crippen LogP contribution in [0.1, 0.15) is 0 Å². The highest BCUT2D eigenvalue weighted by molar-refractivity contribution is 7.80. The van der Waals surface area contributed by atoms with Crippen LogP contribution < -0.4 is 15.8 Å². The van der Waals surface area contributed by atoms with Gasteiger partial charge in [-0.15, -0.1) is 0 Å². The molecule has 3 N–H and O–H groups in total. The Labute approximate surface area is 80.7 Å². The van der Waals surface area contributed by atoms with Gasteiger partial charge in [-0.3, -0.25) is 0 Å². The van der Waals surface area contributed by atoms with Gasteiger partial charge in [0.1, 0.15) is 0 Å². The summed E-state index contributed by atoms with van der Waals surface area (Å²) in [6.07, 6.45) is 0. The average Bonchev–Trinajstić information content (AvgIpc) is 2.03. The van der Waals surface area contributed by atoms with Crippen LogP contribution >= 0.6 is 12.2 Å². The van der Waals surface area contributed by atoms with Crippen LogP contribution in [0.25, 0.3) is 0 Å². The van der Waals surface area contributed by atoms with Crippen LogP contribution in [0.2, 0.25) is 0 Å². The van der Waals surface area contributed by atoms with Crippen molar-refractivity contribution in [3.8, 4) is 5.75 Å². The molecule has 0 unspecified atom stereocenters. The number of benzene rings is 1. The molecule has 0 heterocycles. The Morgan fingerprint density at radius 1 is 1.62 bits per heavy atom. The third-order valence-corrected chi connectivity index (χ3v) is 1.53. The number of halogens is 1. The fourth-order valence-corrected chi connectivity index (χ4v) is 1.06. The van der Waals surface area contributed by atoms with Crippen molar-refractivity contribution < 1.29 is 9.13 Å². The van der Waals surface area contributed by atoms with Gasteiger partial charge in [0.25, 0.3) is 0 Å². The molecule has 1 rings (SSSR count). The predicted molar refractivity (Wildman–Crippen MR) is 53.4 cm³/mol. The fraction of sp³-hybridized carbons (Fsp3) is 0.125. The van der Waals surface area contributed by atoms with E-state index in [2.05, 4.69) is 17.5 Å². The van der Waals surface area contributed by atoms with Crippen molar-refractivity contribution in [1.29, 1.82) is 0 Å². The minimum absolute atomic E-state index is 0.0731. The van der Waals surface area contributed by atoms with E-state index in [4.69, 9.17) is 10.5 Å². The van der Waals surface area contributed by atoms with E-state index >= 15 is 0 Å². The summed E-state index contributed by atoms with van der Waals surface area (Å²) < 4.78 is 17.9. The Morgan fingerprint density at radius 3 is 2.85 bits per heavy atom. The van der Waals surface area contributed by atoms with E-state index in [1.165, 1.54) is 13.2 Å². The van der Waals surface area contributed by atoms with Crippen molar-refractivity contribution >= 4 is 23.0 Å². The van der Waals surface area contributed by atoms with E-state index in [-0.39, 0.29) is 10.9 Å². The molecular weight excluding hydrogens is 191 g/mol. The summed E-state index contributed by atoms with van der Waals surface area (Å²) >= 11 is 4.62. The smallest absolute Gasteiger partial charge is 0.178 e. The van der Waals surface area contributed by atoms with Gasteiger partial charge in [0.05, 0.1) is 12.8 Å². The second-order valence-corrected chi connectivity index (χ2v) is 2.75. The zero-order valence-electron chi connectivity index (χ0n) is 7.00. The molecule has 0 fully saturated rings. The number of hydrogen-bond donors (Lipinski definition) is 2. The predicted octanol–water partition coefficient (Wildman–Crippen LogP) is 1.49. The van der Waals surface area contributed by atoms with Crippen molar-refractivity contribution in [3.63, 3.8) is 0 Å². The lowest BCUT2D eigenvalue weighted by atomic mass is 10.3. The van der Waals surface area contributed by atoms with Gasteiger partial charge < -0.3 is 15.8 Å². The third kappa shape index (κ3) is 2.29. The molecule has 1 aromatic rings. The number of nitrogens with one attached hydrogen (secondary N) is 1. The summed E-state index contributed by atoms with van der Waals surface area (Å²) in [6.45, 7) is 0. The quantitative estimate of drug-likeness (QED) is 0.710. The Kier molecular flexibility index (Phi) is 3.02. The maximum Gasteiger partial charge on any atom is 0.178 e. The number of thiocarbonyl (C=S) groups is 1. The lowest BCUT2D eigenvalue weighted by molar-refractivity contribution is 0.389. The second-order valence-electron chi connectivity index (χ2n) is 2.31. The van der Waals surface area contributed by atoms with Gasteiger partial charge in [-0.2, -0.15) is 0 Å². The van der Waals surface area contributed by atoms with Gasteiger partial charge >= 0.3 is 0 Å². The van der Waals surface area contributed by atoms with Crippen LogP contribution in [0.4, 0.5) is 10.1 Å². The molecule has 0 amide bonds. The molecule has 0 bridgehead atoms. The number of methoxy groups -OCH3 is 1. The van der Waals surface area contributed by atoms with Gasteiger partial charge in [-0.25, -0.2) is 4.39 Å². The minimum atomic E-state index is -0.455. The zero-order valence-corrected chi connectivity index (χ0v) is 7.82. The van der Waals surface area contributed by atoms with Gasteiger partial charge in [0, 0.05) is 0 Å². The van der Waals surface area contributed by atoms with Crippen LogP contribution in [0, 0.1) is 5.82 Å². The number of rotatable bonds is 2. The molecule has 0 aliphatic heterocycles. The Morgan fingerprint density at radius 2 is 2.31 bits per heavy atom. The van der Waals surface area contributed by atoms with Crippen molar-refractivity contribution in [2.45, 2.75) is 0 Å². The first-order valence-corrected chi connectivity index (χ1v) is 3.95. The summed E-state index contributed by atoms with van der Waals surface area (Å²) in [5.41, 5.74) is 5.67. The van der Waals surface area contributed by atoms with E-state index < -0.39 is 5.82 Å². The molecule has 0 aliphatic carbocycles. The first-order chi connectivity index (χ1) is 6.15. The van der Waals surface area contributed by atoms with E-state index in [1.54, 1.807) is 12.1 Å². The Bertz CT molecular complexity index is 330. The first-order valence-electron chi connectivity index (χ1n) is 3.54. The molecule has 0 spiro atoms. The highest BCUT2D eigenvalue weighted by Crippen LogP contribution is 2.26. The van der Waals surface area contributed by atoms with Gasteiger partial charge in [-0.1, -0.05) is 6.07 Å². The molecule has 5 heteroatoms. The molecule has 0 radical (unpaired) electrons. The van der Waals surface area contributed by atoms with Gasteiger partial charge in [0.2, 0.25) is 0 Å². The molecule has 70 valence electrons. The summed E-state index contributed by atoms with van der Waals surface area (Å²) in [5.74, 6) is -0.348. The van der Waals surface area contributed by atoms with Gasteiger partial charge in [-0.05, 0) is 24.4 Å². The lowest BCUT2D eigenvalue weighted by Crippen LogP contribution is -2.19. The summed E-state index contributed by atoms with van der Waals surface area (Å²) in [6, 6.07) is 4.46. The van der Waals surface area contributed by atoms with E-state index in [0.29, 0.717) is 5.69 Å². The van der Waals surface area contributed by atoms with E-state index in [0.717, 1.165) is 0 Å². The van der Waals surface area contributed by atoms with Crippen LogP contribution in [-0.4, -0.2) is 12.2 Å². The number of nitrogens with two attached hydrogens (primary N) is 1. The van der Waals surface area contributed by atoms with Crippen molar-refractivity contribution in [1.82, 2.24) is 0 Å². The molecule has 0 atom stereocenters. The van der Waals surface area contributed by atoms with E-state index in [1.807, 2.05) is 0 Å². The third-order valence-electron chi connectivity index (χ3n) is 1.43. The van der Waals surface area contributed by atoms with Crippen LogP contribution in [0.3, 0.4) is 0 Å². The fourth-order valence-electron chi connectivity index (χ4n) is 0.947. The molecule has 3 nitrogen and oxygen atoms in total. The Balaban J connectivity index is 3.05. The monoisotopic (exact) mass is 200 g/mol. The number of anilines is 1. The van der Waals surface area contributed by atoms with Crippen LogP contribution in [-0.2, 0) is 0 Å². The van der Waals surface area contributed by atoms with Crippen LogP contribution in [0.15, 0.2) is 18.2 Å². The standard InChI is InChI=1S/C8H9FN2OS/c1-12-7-5(9)3-2-4-6(7)11-8(10)13/h2-4H,1H3,(H3,10,11,13). The first kappa shape index (κ1) is 9.73. The van der Waals surface area contributed by atoms with Crippen molar-refractivity contribution in [3.05, 3.63) is 24.0 Å². The molecule has 0 aliphatic rings. The lowest BCUT2D eigenvalue weighted by Gasteiger charge is -2.09. The number of para-hydroxylation sites is 1. The highest BCUT2D eigenvalue weighted by Gasteiger charge is 2.07. The largest absolute Gasteiger partial charge is 0.492 e. The summed E-state index contributed by atoms with van der Waals surface area (Å²) in [7, 11) is 1.38. The van der Waals surface area contributed by atoms with Crippen molar-refractivity contribution in [2.24, 2.45) is 5.73 Å². The van der Waals surface area contributed by atoms with Gasteiger partial charge in [0.15, 0.2) is 16.7 Å². The normalized spacial score (nSPS) is 9.38. The molecule has 0 saturated carbocycles. The molecule has 0 aromatic heterocycles. The molecule has 0 saturated heterocycles. The maximum atomic E-state index is 13.1. The topological polar surface area (TPSA) is 47.3 Å². The second kappa shape index (κ2) is 4.04.